The molecule has 1 aromatic carbocycles. The fraction of sp³-hybridized carbons (Fsp3) is 0.467. The van der Waals surface area contributed by atoms with Gasteiger partial charge >= 0.3 is 0 Å². The second-order valence-corrected chi connectivity index (χ2v) is 5.21. The van der Waals surface area contributed by atoms with Gasteiger partial charge in [-0.15, -0.1) is 0 Å². The van der Waals surface area contributed by atoms with Gasteiger partial charge in [-0.25, -0.2) is 4.99 Å². The van der Waals surface area contributed by atoms with Gasteiger partial charge in [0.25, 0.3) is 6.02 Å². The number of amides is 1. The topological polar surface area (TPSA) is 76.7 Å². The monoisotopic (exact) mass is 275 g/mol. The molecular formula is C15H21N3O2. The number of nitrogens with one attached hydrogen (secondary N) is 1. The minimum absolute atomic E-state index is 0.0533. The number of rotatable bonds is 5. The van der Waals surface area contributed by atoms with E-state index >= 15 is 0 Å². The first kappa shape index (κ1) is 14.4. The van der Waals surface area contributed by atoms with Crippen molar-refractivity contribution in [3.63, 3.8) is 0 Å². The summed E-state index contributed by atoms with van der Waals surface area (Å²) in [6, 6.07) is 8.47. The van der Waals surface area contributed by atoms with Gasteiger partial charge in [-0.05, 0) is 36.5 Å². The van der Waals surface area contributed by atoms with Crippen molar-refractivity contribution in [2.45, 2.75) is 38.6 Å². The first-order valence-electron chi connectivity index (χ1n) is 6.88. The Kier molecular flexibility index (Phi) is 4.61. The van der Waals surface area contributed by atoms with Crippen LogP contribution in [0.3, 0.4) is 0 Å². The third kappa shape index (κ3) is 3.98. The average Bonchev–Trinajstić information content (AvgIpc) is 2.82. The summed E-state index contributed by atoms with van der Waals surface area (Å²) >= 11 is 0. The molecule has 0 saturated carbocycles. The normalized spacial score (nSPS) is 19.1. The molecule has 0 aromatic heterocycles. The zero-order valence-electron chi connectivity index (χ0n) is 11.9. The molecule has 20 heavy (non-hydrogen) atoms. The van der Waals surface area contributed by atoms with Gasteiger partial charge < -0.3 is 15.8 Å². The van der Waals surface area contributed by atoms with Crippen molar-refractivity contribution < 1.29 is 9.53 Å². The number of aliphatic imine (C=N–C) groups is 1. The first-order chi connectivity index (χ1) is 9.54. The van der Waals surface area contributed by atoms with E-state index in [2.05, 4.69) is 29.4 Å². The Bertz CT molecular complexity index is 496. The maximum atomic E-state index is 11.0. The largest absolute Gasteiger partial charge is 0.463 e. The number of hydrogen-bond acceptors (Lipinski definition) is 4. The molecule has 0 radical (unpaired) electrons. The highest BCUT2D eigenvalue weighted by molar-refractivity contribution is 5.88. The van der Waals surface area contributed by atoms with Crippen LogP contribution >= 0.6 is 0 Å². The van der Waals surface area contributed by atoms with Crippen LogP contribution in [0.5, 0.6) is 0 Å². The molecule has 1 aliphatic rings. The highest BCUT2D eigenvalue weighted by atomic mass is 16.5. The van der Waals surface area contributed by atoms with Crippen molar-refractivity contribution in [2.24, 2.45) is 10.7 Å². The van der Waals surface area contributed by atoms with Gasteiger partial charge in [-0.1, -0.05) is 19.1 Å². The Balaban J connectivity index is 1.85. The summed E-state index contributed by atoms with van der Waals surface area (Å²) in [5.74, 6) is 0.390. The van der Waals surface area contributed by atoms with Gasteiger partial charge in [-0.2, -0.15) is 0 Å². The highest BCUT2D eigenvalue weighted by Gasteiger charge is 2.17. The summed E-state index contributed by atoms with van der Waals surface area (Å²) in [5.41, 5.74) is 7.58. The molecule has 5 nitrogen and oxygen atoms in total. The molecule has 3 N–H and O–H groups in total. The van der Waals surface area contributed by atoms with E-state index in [1.54, 1.807) is 0 Å². The van der Waals surface area contributed by atoms with Crippen LogP contribution in [0.1, 0.15) is 38.2 Å². The van der Waals surface area contributed by atoms with E-state index in [0.717, 1.165) is 18.5 Å². The SMILES string of the molecule is CC(=O)Nc1ccc(C(C)CCC2COC(N)=N2)cc1. The molecule has 2 rings (SSSR count). The molecule has 108 valence electrons. The zero-order valence-corrected chi connectivity index (χ0v) is 11.9. The Morgan fingerprint density at radius 2 is 2.20 bits per heavy atom. The standard InChI is InChI=1S/C15H21N3O2/c1-10(3-6-14-9-20-15(16)18-14)12-4-7-13(8-5-12)17-11(2)19/h4-5,7-8,10,14H,3,6,9H2,1-2H3,(H2,16,18)(H,17,19). The lowest BCUT2D eigenvalue weighted by molar-refractivity contribution is -0.114. The molecule has 1 aliphatic heterocycles. The van der Waals surface area contributed by atoms with Crippen molar-refractivity contribution in [2.75, 3.05) is 11.9 Å². The lowest BCUT2D eigenvalue weighted by Crippen LogP contribution is -2.10. The fourth-order valence-corrected chi connectivity index (χ4v) is 2.29. The van der Waals surface area contributed by atoms with Crippen LogP contribution in [0.15, 0.2) is 29.3 Å². The van der Waals surface area contributed by atoms with Gasteiger partial charge in [0.2, 0.25) is 5.91 Å². The number of anilines is 1. The molecule has 1 heterocycles. The summed E-state index contributed by atoms with van der Waals surface area (Å²) in [7, 11) is 0. The molecular weight excluding hydrogens is 254 g/mol. The lowest BCUT2D eigenvalue weighted by atomic mass is 9.94. The number of ether oxygens (including phenoxy) is 1. The van der Waals surface area contributed by atoms with E-state index < -0.39 is 0 Å². The van der Waals surface area contributed by atoms with Crippen LogP contribution in [0, 0.1) is 0 Å². The minimum atomic E-state index is -0.0533. The number of carbonyl (C=O) groups is 1. The number of hydrogen-bond donors (Lipinski definition) is 2. The molecule has 1 aromatic rings. The molecule has 0 bridgehead atoms. The van der Waals surface area contributed by atoms with E-state index in [4.69, 9.17) is 10.5 Å². The predicted octanol–water partition coefficient (Wildman–Crippen LogP) is 2.24. The van der Waals surface area contributed by atoms with Crippen LogP contribution in [-0.2, 0) is 9.53 Å². The maximum absolute atomic E-state index is 11.0. The Labute approximate surface area is 119 Å². The summed E-state index contributed by atoms with van der Waals surface area (Å²) < 4.78 is 5.14. The molecule has 2 atom stereocenters. The van der Waals surface area contributed by atoms with Crippen LogP contribution in [0.2, 0.25) is 0 Å². The van der Waals surface area contributed by atoms with E-state index in [1.807, 2.05) is 12.1 Å². The van der Waals surface area contributed by atoms with Crippen molar-refractivity contribution >= 4 is 17.6 Å². The van der Waals surface area contributed by atoms with E-state index in [1.165, 1.54) is 12.5 Å². The lowest BCUT2D eigenvalue weighted by Gasteiger charge is -2.14. The second kappa shape index (κ2) is 6.41. The third-order valence-corrected chi connectivity index (χ3v) is 3.47. The number of amidine groups is 1. The van der Waals surface area contributed by atoms with Crippen LogP contribution in [-0.4, -0.2) is 24.6 Å². The number of benzene rings is 1. The molecule has 0 spiro atoms. The summed E-state index contributed by atoms with van der Waals surface area (Å²) in [6.45, 7) is 4.29. The smallest absolute Gasteiger partial charge is 0.282 e. The number of carbonyl (C=O) groups excluding carboxylic acids is 1. The van der Waals surface area contributed by atoms with Gasteiger partial charge in [0.1, 0.15) is 6.61 Å². The van der Waals surface area contributed by atoms with Gasteiger partial charge in [-0.3, -0.25) is 4.79 Å². The Hall–Kier alpha value is -2.04. The fourth-order valence-electron chi connectivity index (χ4n) is 2.29. The summed E-state index contributed by atoms with van der Waals surface area (Å²) in [5, 5.41) is 2.77. The van der Waals surface area contributed by atoms with Crippen LogP contribution in [0.4, 0.5) is 5.69 Å². The molecule has 2 unspecified atom stereocenters. The number of nitrogens with two attached hydrogens (primary N) is 1. The molecule has 0 aliphatic carbocycles. The average molecular weight is 275 g/mol. The van der Waals surface area contributed by atoms with Crippen molar-refractivity contribution in [1.82, 2.24) is 0 Å². The van der Waals surface area contributed by atoms with E-state index in [9.17, 15) is 4.79 Å². The number of nitrogens with zero attached hydrogens (tertiary/aromatic N) is 1. The molecule has 5 heteroatoms. The van der Waals surface area contributed by atoms with Crippen LogP contribution < -0.4 is 11.1 Å². The van der Waals surface area contributed by atoms with Gasteiger partial charge in [0.05, 0.1) is 6.04 Å². The third-order valence-electron chi connectivity index (χ3n) is 3.47. The molecule has 0 saturated heterocycles. The quantitative estimate of drug-likeness (QED) is 0.865. The minimum Gasteiger partial charge on any atom is -0.463 e. The van der Waals surface area contributed by atoms with Gasteiger partial charge in [0, 0.05) is 12.6 Å². The Morgan fingerprint density at radius 1 is 1.50 bits per heavy atom. The summed E-state index contributed by atoms with van der Waals surface area (Å²) in [4.78, 5) is 15.2. The highest BCUT2D eigenvalue weighted by Crippen LogP contribution is 2.24. The van der Waals surface area contributed by atoms with Crippen LogP contribution in [0.25, 0.3) is 0 Å². The maximum Gasteiger partial charge on any atom is 0.282 e. The summed E-state index contributed by atoms with van der Waals surface area (Å²) in [6.07, 6.45) is 2.00. The predicted molar refractivity (Wildman–Crippen MR) is 79.8 cm³/mol. The van der Waals surface area contributed by atoms with Crippen molar-refractivity contribution in [3.05, 3.63) is 29.8 Å². The Morgan fingerprint density at radius 3 is 2.75 bits per heavy atom. The van der Waals surface area contributed by atoms with E-state index in [0.29, 0.717) is 18.5 Å². The molecule has 0 fully saturated rings. The van der Waals surface area contributed by atoms with E-state index in [-0.39, 0.29) is 11.9 Å². The molecule has 1 amide bonds. The first-order valence-corrected chi connectivity index (χ1v) is 6.88. The van der Waals surface area contributed by atoms with Gasteiger partial charge in [0.15, 0.2) is 0 Å². The second-order valence-electron chi connectivity index (χ2n) is 5.21. The van der Waals surface area contributed by atoms with Crippen molar-refractivity contribution in [3.8, 4) is 0 Å². The zero-order chi connectivity index (χ0) is 14.5. The van der Waals surface area contributed by atoms with Crippen molar-refractivity contribution in [1.29, 1.82) is 0 Å².